The molecule has 0 unspecified atom stereocenters. The van der Waals surface area contributed by atoms with Gasteiger partial charge < -0.3 is 10.2 Å². The first-order chi connectivity index (χ1) is 11.7. The van der Waals surface area contributed by atoms with Crippen molar-refractivity contribution in [2.45, 2.75) is 13.3 Å². The van der Waals surface area contributed by atoms with E-state index in [1.165, 1.54) is 5.56 Å². The Hall–Kier alpha value is -2.47. The van der Waals surface area contributed by atoms with Gasteiger partial charge in [-0.25, -0.2) is 4.98 Å². The van der Waals surface area contributed by atoms with E-state index in [2.05, 4.69) is 38.1 Å². The summed E-state index contributed by atoms with van der Waals surface area (Å²) in [7, 11) is 0. The average Bonchev–Trinajstić information content (AvgIpc) is 2.62. The van der Waals surface area contributed by atoms with E-state index < -0.39 is 0 Å². The van der Waals surface area contributed by atoms with Crippen molar-refractivity contribution in [3.8, 4) is 0 Å². The van der Waals surface area contributed by atoms with E-state index in [-0.39, 0.29) is 5.91 Å². The lowest BCUT2D eigenvalue weighted by Gasteiger charge is -2.35. The maximum absolute atomic E-state index is 12.0. The van der Waals surface area contributed by atoms with Gasteiger partial charge in [0.15, 0.2) is 0 Å². The highest BCUT2D eigenvalue weighted by molar-refractivity contribution is 5.90. The molecule has 0 saturated carbocycles. The Balaban J connectivity index is 1.43. The molecule has 6 heteroatoms. The number of pyridine rings is 2. The predicted octanol–water partition coefficient (Wildman–Crippen LogP) is 1.94. The van der Waals surface area contributed by atoms with Crippen LogP contribution in [0.2, 0.25) is 0 Å². The van der Waals surface area contributed by atoms with Gasteiger partial charge in [0.25, 0.3) is 0 Å². The van der Waals surface area contributed by atoms with Gasteiger partial charge in [0.05, 0.1) is 11.9 Å². The Morgan fingerprint density at radius 3 is 2.67 bits per heavy atom. The Kier molecular flexibility index (Phi) is 5.38. The Bertz CT molecular complexity index is 668. The average molecular weight is 325 g/mol. The number of nitrogens with zero attached hydrogens (tertiary/aromatic N) is 4. The van der Waals surface area contributed by atoms with Gasteiger partial charge in [-0.15, -0.1) is 0 Å². The van der Waals surface area contributed by atoms with Crippen LogP contribution in [0.25, 0.3) is 0 Å². The second-order valence-corrected chi connectivity index (χ2v) is 6.01. The molecule has 1 amide bonds. The second kappa shape index (κ2) is 7.88. The summed E-state index contributed by atoms with van der Waals surface area (Å²) in [5.74, 6) is 1.11. The zero-order valence-electron chi connectivity index (χ0n) is 14.0. The van der Waals surface area contributed by atoms with Crippen LogP contribution in [0.3, 0.4) is 0 Å². The number of amides is 1. The molecule has 6 nitrogen and oxygen atoms in total. The number of nitrogens with one attached hydrogen (secondary N) is 1. The van der Waals surface area contributed by atoms with Gasteiger partial charge in [-0.1, -0.05) is 6.07 Å². The molecule has 1 N–H and O–H groups in total. The minimum absolute atomic E-state index is 0.0333. The van der Waals surface area contributed by atoms with Crippen molar-refractivity contribution in [1.82, 2.24) is 14.9 Å². The smallest absolute Gasteiger partial charge is 0.225 e. The molecule has 0 aromatic carbocycles. The molecule has 2 aromatic heterocycles. The van der Waals surface area contributed by atoms with E-state index in [1.54, 1.807) is 12.4 Å². The minimum atomic E-state index is 0.0333. The normalized spacial score (nSPS) is 15.3. The first-order valence-electron chi connectivity index (χ1n) is 8.31. The highest BCUT2D eigenvalue weighted by atomic mass is 16.1. The van der Waals surface area contributed by atoms with Crippen LogP contribution in [-0.2, 0) is 4.79 Å². The fourth-order valence-corrected chi connectivity index (χ4v) is 2.91. The topological polar surface area (TPSA) is 61.4 Å². The van der Waals surface area contributed by atoms with Crippen LogP contribution in [0.4, 0.5) is 11.5 Å². The van der Waals surface area contributed by atoms with E-state index in [1.807, 2.05) is 24.4 Å². The zero-order valence-corrected chi connectivity index (χ0v) is 14.0. The Labute approximate surface area is 142 Å². The molecule has 0 bridgehead atoms. The third kappa shape index (κ3) is 4.29. The van der Waals surface area contributed by atoms with Crippen LogP contribution in [0.1, 0.15) is 12.0 Å². The fourth-order valence-electron chi connectivity index (χ4n) is 2.91. The zero-order chi connectivity index (χ0) is 16.8. The number of anilines is 2. The van der Waals surface area contributed by atoms with Crippen LogP contribution in [0.5, 0.6) is 0 Å². The van der Waals surface area contributed by atoms with E-state index in [4.69, 9.17) is 0 Å². The third-order valence-corrected chi connectivity index (χ3v) is 4.25. The molecule has 0 radical (unpaired) electrons. The van der Waals surface area contributed by atoms with Gasteiger partial charge in [0.2, 0.25) is 5.91 Å². The minimum Gasteiger partial charge on any atom is -0.354 e. The number of aryl methyl sites for hydroxylation is 1. The molecule has 0 atom stereocenters. The third-order valence-electron chi connectivity index (χ3n) is 4.25. The largest absolute Gasteiger partial charge is 0.354 e. The van der Waals surface area contributed by atoms with Gasteiger partial charge in [0.1, 0.15) is 5.82 Å². The summed E-state index contributed by atoms with van der Waals surface area (Å²) in [6.45, 7) is 6.68. The molecule has 3 rings (SSSR count). The number of rotatable bonds is 5. The standard InChI is InChI=1S/C18H23N5O/c1-15-4-2-8-20-18(15)23-12-10-22(11-13-23)9-6-17(24)21-16-5-3-7-19-14-16/h2-5,7-8,14H,6,9-13H2,1H3,(H,21,24). The van der Waals surface area contributed by atoms with Crippen LogP contribution in [0.15, 0.2) is 42.9 Å². The SMILES string of the molecule is Cc1cccnc1N1CCN(CCC(=O)Nc2cccnc2)CC1. The number of aromatic nitrogens is 2. The lowest BCUT2D eigenvalue weighted by atomic mass is 10.2. The van der Waals surface area contributed by atoms with Crippen molar-refractivity contribution in [1.29, 1.82) is 0 Å². The van der Waals surface area contributed by atoms with Crippen LogP contribution < -0.4 is 10.2 Å². The molecular formula is C18H23N5O. The number of carbonyl (C=O) groups excluding carboxylic acids is 1. The monoisotopic (exact) mass is 325 g/mol. The molecular weight excluding hydrogens is 302 g/mol. The van der Waals surface area contributed by atoms with Crippen molar-refractivity contribution in [3.63, 3.8) is 0 Å². The molecule has 24 heavy (non-hydrogen) atoms. The van der Waals surface area contributed by atoms with Gasteiger partial charge in [-0.2, -0.15) is 0 Å². The lowest BCUT2D eigenvalue weighted by molar-refractivity contribution is -0.116. The Morgan fingerprint density at radius 2 is 1.96 bits per heavy atom. The molecule has 2 aromatic rings. The van der Waals surface area contributed by atoms with Crippen molar-refractivity contribution >= 4 is 17.4 Å². The lowest BCUT2D eigenvalue weighted by Crippen LogP contribution is -2.47. The number of piperazine rings is 1. The van der Waals surface area contributed by atoms with Crippen molar-refractivity contribution < 1.29 is 4.79 Å². The summed E-state index contributed by atoms with van der Waals surface area (Å²) < 4.78 is 0. The second-order valence-electron chi connectivity index (χ2n) is 6.01. The molecule has 1 aliphatic rings. The van der Waals surface area contributed by atoms with Crippen LogP contribution in [-0.4, -0.2) is 53.5 Å². The van der Waals surface area contributed by atoms with Gasteiger partial charge in [0, 0.05) is 51.5 Å². The highest BCUT2D eigenvalue weighted by Crippen LogP contribution is 2.17. The molecule has 1 saturated heterocycles. The summed E-state index contributed by atoms with van der Waals surface area (Å²) in [5.41, 5.74) is 1.96. The number of carbonyl (C=O) groups is 1. The van der Waals surface area contributed by atoms with Gasteiger partial charge >= 0.3 is 0 Å². The first-order valence-corrected chi connectivity index (χ1v) is 8.31. The molecule has 0 spiro atoms. The summed E-state index contributed by atoms with van der Waals surface area (Å²) >= 11 is 0. The number of hydrogen-bond acceptors (Lipinski definition) is 5. The van der Waals surface area contributed by atoms with Crippen molar-refractivity contribution in [2.24, 2.45) is 0 Å². The highest BCUT2D eigenvalue weighted by Gasteiger charge is 2.19. The Morgan fingerprint density at radius 1 is 1.17 bits per heavy atom. The predicted molar refractivity (Wildman–Crippen MR) is 95.1 cm³/mol. The van der Waals surface area contributed by atoms with Crippen LogP contribution in [0, 0.1) is 6.92 Å². The summed E-state index contributed by atoms with van der Waals surface area (Å²) in [5, 5.41) is 2.88. The number of hydrogen-bond donors (Lipinski definition) is 1. The summed E-state index contributed by atoms with van der Waals surface area (Å²) in [6.07, 6.45) is 5.69. The van der Waals surface area contributed by atoms with E-state index in [9.17, 15) is 4.79 Å². The van der Waals surface area contributed by atoms with E-state index in [0.29, 0.717) is 6.42 Å². The maximum Gasteiger partial charge on any atom is 0.225 e. The fraction of sp³-hybridized carbons (Fsp3) is 0.389. The van der Waals surface area contributed by atoms with E-state index in [0.717, 1.165) is 44.2 Å². The molecule has 126 valence electrons. The van der Waals surface area contributed by atoms with Crippen molar-refractivity contribution in [2.75, 3.05) is 42.9 Å². The maximum atomic E-state index is 12.0. The van der Waals surface area contributed by atoms with E-state index >= 15 is 0 Å². The quantitative estimate of drug-likeness (QED) is 0.910. The molecule has 1 aliphatic heterocycles. The first kappa shape index (κ1) is 16.4. The van der Waals surface area contributed by atoms with Gasteiger partial charge in [-0.05, 0) is 30.7 Å². The summed E-state index contributed by atoms with van der Waals surface area (Å²) in [4.78, 5) is 25.1. The van der Waals surface area contributed by atoms with Crippen LogP contribution >= 0.6 is 0 Å². The molecule has 1 fully saturated rings. The van der Waals surface area contributed by atoms with Crippen molar-refractivity contribution in [3.05, 3.63) is 48.4 Å². The molecule has 0 aliphatic carbocycles. The summed E-state index contributed by atoms with van der Waals surface area (Å²) in [6, 6.07) is 7.72. The van der Waals surface area contributed by atoms with Gasteiger partial charge in [-0.3, -0.25) is 14.7 Å². The molecule has 3 heterocycles.